The average Bonchev–Trinajstić information content (AvgIpc) is 2.86. The molecule has 2 fully saturated rings. The molecule has 1 atom stereocenters. The van der Waals surface area contributed by atoms with Crippen molar-refractivity contribution in [1.29, 1.82) is 0 Å². The van der Waals surface area contributed by atoms with Crippen molar-refractivity contribution in [2.45, 2.75) is 63.5 Å². The maximum Gasteiger partial charge on any atom is 0.287 e. The Balaban J connectivity index is 1.61. The van der Waals surface area contributed by atoms with Gasteiger partial charge in [0.05, 0.1) is 0 Å². The Hall–Kier alpha value is -1.29. The predicted octanol–water partition coefficient (Wildman–Crippen LogP) is 2.77. The Morgan fingerprint density at radius 1 is 1.35 bits per heavy atom. The van der Waals surface area contributed by atoms with Crippen LogP contribution in [0, 0.1) is 6.92 Å². The summed E-state index contributed by atoms with van der Waals surface area (Å²) in [6, 6.07) is 3.86. The zero-order valence-corrected chi connectivity index (χ0v) is 12.2. The second-order valence-electron chi connectivity index (χ2n) is 6.34. The molecule has 2 N–H and O–H groups in total. The summed E-state index contributed by atoms with van der Waals surface area (Å²) < 4.78 is 5.40. The van der Waals surface area contributed by atoms with Crippen molar-refractivity contribution in [3.05, 3.63) is 23.7 Å². The van der Waals surface area contributed by atoms with Crippen molar-refractivity contribution >= 4 is 5.91 Å². The summed E-state index contributed by atoms with van der Waals surface area (Å²) in [4.78, 5) is 12.2. The second kappa shape index (κ2) is 5.60. The van der Waals surface area contributed by atoms with Crippen molar-refractivity contribution in [3.8, 4) is 0 Å². The Morgan fingerprint density at radius 2 is 2.15 bits per heavy atom. The van der Waals surface area contributed by atoms with E-state index in [1.165, 1.54) is 32.1 Å². The highest BCUT2D eigenvalue weighted by Gasteiger charge is 2.37. The maximum absolute atomic E-state index is 12.2. The van der Waals surface area contributed by atoms with Gasteiger partial charge >= 0.3 is 0 Å². The molecule has 1 saturated heterocycles. The van der Waals surface area contributed by atoms with Gasteiger partial charge in [-0.2, -0.15) is 0 Å². The van der Waals surface area contributed by atoms with E-state index < -0.39 is 0 Å². The van der Waals surface area contributed by atoms with Gasteiger partial charge in [-0.1, -0.05) is 19.3 Å². The fourth-order valence-corrected chi connectivity index (χ4v) is 3.70. The van der Waals surface area contributed by atoms with E-state index >= 15 is 0 Å². The fraction of sp³-hybridized carbons (Fsp3) is 0.688. The van der Waals surface area contributed by atoms with Crippen LogP contribution in [0.3, 0.4) is 0 Å². The Bertz CT molecular complexity index is 469. The smallest absolute Gasteiger partial charge is 0.287 e. The number of aryl methyl sites for hydroxylation is 1. The molecule has 3 rings (SSSR count). The predicted molar refractivity (Wildman–Crippen MR) is 77.8 cm³/mol. The van der Waals surface area contributed by atoms with Crippen LogP contribution < -0.4 is 10.6 Å². The van der Waals surface area contributed by atoms with E-state index in [4.69, 9.17) is 4.42 Å². The van der Waals surface area contributed by atoms with E-state index in [1.807, 2.05) is 13.0 Å². The SMILES string of the molecule is Cc1ccc(C(=O)NC2CCNC3(CCCCC3)C2)o1. The molecule has 1 aromatic rings. The van der Waals surface area contributed by atoms with Crippen molar-refractivity contribution in [2.75, 3.05) is 6.54 Å². The Morgan fingerprint density at radius 3 is 2.85 bits per heavy atom. The third-order valence-corrected chi connectivity index (χ3v) is 4.74. The molecule has 4 heteroatoms. The van der Waals surface area contributed by atoms with Crippen molar-refractivity contribution in [1.82, 2.24) is 10.6 Å². The lowest BCUT2D eigenvalue weighted by atomic mass is 9.75. The van der Waals surface area contributed by atoms with Crippen LogP contribution in [0.2, 0.25) is 0 Å². The monoisotopic (exact) mass is 276 g/mol. The largest absolute Gasteiger partial charge is 0.456 e. The molecule has 0 bridgehead atoms. The summed E-state index contributed by atoms with van der Waals surface area (Å²) in [5, 5.41) is 6.85. The summed E-state index contributed by atoms with van der Waals surface area (Å²) in [5.74, 6) is 1.14. The van der Waals surface area contributed by atoms with E-state index in [0.717, 1.165) is 25.1 Å². The average molecular weight is 276 g/mol. The fourth-order valence-electron chi connectivity index (χ4n) is 3.70. The molecule has 0 radical (unpaired) electrons. The highest BCUT2D eigenvalue weighted by atomic mass is 16.3. The molecule has 1 aliphatic carbocycles. The van der Waals surface area contributed by atoms with E-state index in [-0.39, 0.29) is 17.5 Å². The van der Waals surface area contributed by atoms with Gasteiger partial charge in [0.2, 0.25) is 0 Å². The van der Waals surface area contributed by atoms with Gasteiger partial charge in [-0.25, -0.2) is 0 Å². The van der Waals surface area contributed by atoms with Crippen molar-refractivity contribution in [3.63, 3.8) is 0 Å². The minimum atomic E-state index is -0.0732. The zero-order chi connectivity index (χ0) is 14.0. The Labute approximate surface area is 120 Å². The maximum atomic E-state index is 12.2. The molecule has 0 aromatic carbocycles. The molecule has 110 valence electrons. The first-order chi connectivity index (χ1) is 9.67. The molecule has 1 spiro atoms. The molecule has 1 aromatic heterocycles. The molecule has 20 heavy (non-hydrogen) atoms. The summed E-state index contributed by atoms with van der Waals surface area (Å²) in [6.45, 7) is 2.86. The van der Waals surface area contributed by atoms with Gasteiger partial charge in [0.15, 0.2) is 5.76 Å². The first kappa shape index (κ1) is 13.7. The third-order valence-electron chi connectivity index (χ3n) is 4.74. The lowest BCUT2D eigenvalue weighted by molar-refractivity contribution is 0.0864. The summed E-state index contributed by atoms with van der Waals surface area (Å²) in [6.07, 6.45) is 8.53. The van der Waals surface area contributed by atoms with Gasteiger partial charge in [0.25, 0.3) is 5.91 Å². The van der Waals surface area contributed by atoms with Gasteiger partial charge in [0.1, 0.15) is 5.76 Å². The highest BCUT2D eigenvalue weighted by molar-refractivity contribution is 5.91. The van der Waals surface area contributed by atoms with Crippen LogP contribution in [-0.2, 0) is 0 Å². The lowest BCUT2D eigenvalue weighted by Crippen LogP contribution is -2.57. The van der Waals surface area contributed by atoms with Crippen LogP contribution in [0.4, 0.5) is 0 Å². The number of hydrogen-bond donors (Lipinski definition) is 2. The van der Waals surface area contributed by atoms with Gasteiger partial charge in [-0.05, 0) is 51.3 Å². The van der Waals surface area contributed by atoms with Crippen LogP contribution >= 0.6 is 0 Å². The van der Waals surface area contributed by atoms with Gasteiger partial charge in [-0.3, -0.25) is 4.79 Å². The van der Waals surface area contributed by atoms with Crippen LogP contribution in [-0.4, -0.2) is 24.0 Å². The highest BCUT2D eigenvalue weighted by Crippen LogP contribution is 2.34. The molecule has 1 saturated carbocycles. The van der Waals surface area contributed by atoms with Crippen LogP contribution in [0.1, 0.15) is 61.3 Å². The molecule has 4 nitrogen and oxygen atoms in total. The molecular formula is C16H24N2O2. The number of hydrogen-bond acceptors (Lipinski definition) is 3. The number of rotatable bonds is 2. The molecular weight excluding hydrogens is 252 g/mol. The molecule has 1 amide bonds. The van der Waals surface area contributed by atoms with Crippen LogP contribution in [0.15, 0.2) is 16.5 Å². The second-order valence-corrected chi connectivity index (χ2v) is 6.34. The topological polar surface area (TPSA) is 54.3 Å². The standard InChI is InChI=1S/C16H24N2O2/c1-12-5-6-14(20-12)15(19)18-13-7-10-17-16(11-13)8-3-2-4-9-16/h5-6,13,17H,2-4,7-11H2,1H3,(H,18,19). The quantitative estimate of drug-likeness (QED) is 0.873. The van der Waals surface area contributed by atoms with E-state index in [1.54, 1.807) is 6.07 Å². The first-order valence-corrected chi connectivity index (χ1v) is 7.79. The van der Waals surface area contributed by atoms with Crippen molar-refractivity contribution in [2.24, 2.45) is 0 Å². The molecule has 1 aliphatic heterocycles. The van der Waals surface area contributed by atoms with Gasteiger partial charge in [0, 0.05) is 11.6 Å². The summed E-state index contributed by atoms with van der Waals surface area (Å²) in [7, 11) is 0. The molecule has 2 heterocycles. The van der Waals surface area contributed by atoms with E-state index in [9.17, 15) is 4.79 Å². The Kier molecular flexibility index (Phi) is 3.83. The minimum absolute atomic E-state index is 0.0732. The normalized spacial score (nSPS) is 25.6. The number of piperidine rings is 1. The number of nitrogens with one attached hydrogen (secondary N) is 2. The van der Waals surface area contributed by atoms with Crippen molar-refractivity contribution < 1.29 is 9.21 Å². The molecule has 2 aliphatic rings. The number of carbonyl (C=O) groups is 1. The summed E-state index contributed by atoms with van der Waals surface area (Å²) in [5.41, 5.74) is 0.271. The first-order valence-electron chi connectivity index (χ1n) is 7.79. The molecule has 1 unspecified atom stereocenters. The van der Waals surface area contributed by atoms with Crippen LogP contribution in [0.25, 0.3) is 0 Å². The van der Waals surface area contributed by atoms with Gasteiger partial charge in [-0.15, -0.1) is 0 Å². The zero-order valence-electron chi connectivity index (χ0n) is 12.2. The number of amides is 1. The lowest BCUT2D eigenvalue weighted by Gasteiger charge is -2.44. The van der Waals surface area contributed by atoms with Crippen LogP contribution in [0.5, 0.6) is 0 Å². The number of carbonyl (C=O) groups excluding carboxylic acids is 1. The van der Waals surface area contributed by atoms with E-state index in [2.05, 4.69) is 10.6 Å². The van der Waals surface area contributed by atoms with E-state index in [0.29, 0.717) is 5.76 Å². The van der Waals surface area contributed by atoms with Gasteiger partial charge < -0.3 is 15.1 Å². The third kappa shape index (κ3) is 2.90. The minimum Gasteiger partial charge on any atom is -0.456 e. The summed E-state index contributed by atoms with van der Waals surface area (Å²) >= 11 is 0. The number of furan rings is 1.